The van der Waals surface area contributed by atoms with E-state index in [1.807, 2.05) is 77.7 Å². The van der Waals surface area contributed by atoms with E-state index < -0.39 is 0 Å². The lowest BCUT2D eigenvalue weighted by Crippen LogP contribution is -2.26. The van der Waals surface area contributed by atoms with Gasteiger partial charge in [-0.25, -0.2) is 0 Å². The van der Waals surface area contributed by atoms with Crippen LogP contribution in [0.15, 0.2) is 72.8 Å². The minimum absolute atomic E-state index is 0.0590. The largest absolute Gasteiger partial charge is 0.493 e. The first kappa shape index (κ1) is 18.1. The highest BCUT2D eigenvalue weighted by atomic mass is 16.5. The Morgan fingerprint density at radius 1 is 0.893 bits per heavy atom. The summed E-state index contributed by atoms with van der Waals surface area (Å²) in [4.78, 5) is 14.7. The monoisotopic (exact) mass is 373 g/mol. The summed E-state index contributed by atoms with van der Waals surface area (Å²) in [6, 6.07) is 23.7. The summed E-state index contributed by atoms with van der Waals surface area (Å²) in [7, 11) is 1.63. The van der Waals surface area contributed by atoms with Crippen molar-refractivity contribution in [3.8, 4) is 11.5 Å². The maximum absolute atomic E-state index is 12.8. The number of ether oxygens (including phenoxy) is 2. The highest BCUT2D eigenvalue weighted by Crippen LogP contribution is 2.35. The normalized spacial score (nSPS) is 15.4. The minimum atomic E-state index is 0.0590. The van der Waals surface area contributed by atoms with Crippen LogP contribution in [0, 0.1) is 0 Å². The maximum Gasteiger partial charge on any atom is 0.255 e. The van der Waals surface area contributed by atoms with Crippen LogP contribution in [0.2, 0.25) is 0 Å². The zero-order valence-corrected chi connectivity index (χ0v) is 16.1. The number of amides is 1. The number of benzene rings is 3. The van der Waals surface area contributed by atoms with Gasteiger partial charge in [0.25, 0.3) is 5.91 Å². The van der Waals surface area contributed by atoms with Gasteiger partial charge in [0.05, 0.1) is 13.2 Å². The zero-order valence-electron chi connectivity index (χ0n) is 16.1. The lowest BCUT2D eigenvalue weighted by molar-refractivity contribution is 0.0723. The van der Waals surface area contributed by atoms with Crippen LogP contribution in [0.3, 0.4) is 0 Å². The molecule has 3 aromatic carbocycles. The molecule has 1 aliphatic rings. The topological polar surface area (TPSA) is 38.8 Å². The molecule has 142 valence electrons. The van der Waals surface area contributed by atoms with Crippen LogP contribution >= 0.6 is 0 Å². The van der Waals surface area contributed by atoms with Crippen molar-refractivity contribution in [2.75, 3.05) is 7.11 Å². The van der Waals surface area contributed by atoms with E-state index in [1.165, 1.54) is 0 Å². The van der Waals surface area contributed by atoms with Gasteiger partial charge in [-0.3, -0.25) is 4.79 Å². The van der Waals surface area contributed by atoms with Crippen LogP contribution in [0.1, 0.15) is 40.0 Å². The number of nitrogens with zero attached hydrogens (tertiary/aromatic N) is 1. The molecule has 4 rings (SSSR count). The zero-order chi connectivity index (χ0) is 19.5. The summed E-state index contributed by atoms with van der Waals surface area (Å²) in [5, 5.41) is 0. The number of carbonyl (C=O) groups excluding carboxylic acids is 1. The Labute approximate surface area is 165 Å². The molecule has 3 aromatic rings. The van der Waals surface area contributed by atoms with Crippen LogP contribution < -0.4 is 9.47 Å². The van der Waals surface area contributed by atoms with Crippen LogP contribution in [-0.2, 0) is 13.2 Å². The summed E-state index contributed by atoms with van der Waals surface area (Å²) in [6.07, 6.45) is 0. The Morgan fingerprint density at radius 3 is 2.39 bits per heavy atom. The summed E-state index contributed by atoms with van der Waals surface area (Å²) >= 11 is 0. The molecule has 4 heteroatoms. The van der Waals surface area contributed by atoms with Gasteiger partial charge in [-0.05, 0) is 41.8 Å². The predicted octanol–water partition coefficient (Wildman–Crippen LogP) is 4.99. The molecule has 0 radical (unpaired) electrons. The van der Waals surface area contributed by atoms with E-state index in [0.29, 0.717) is 24.7 Å². The third-order valence-electron chi connectivity index (χ3n) is 5.19. The van der Waals surface area contributed by atoms with Gasteiger partial charge in [0.1, 0.15) is 6.61 Å². The number of fused-ring (bicyclic) bond motifs is 1. The van der Waals surface area contributed by atoms with E-state index in [-0.39, 0.29) is 11.9 Å². The van der Waals surface area contributed by atoms with E-state index in [4.69, 9.17) is 9.47 Å². The molecule has 1 aliphatic heterocycles. The van der Waals surface area contributed by atoms with Gasteiger partial charge in [0.15, 0.2) is 11.5 Å². The highest BCUT2D eigenvalue weighted by Gasteiger charge is 2.33. The fourth-order valence-corrected chi connectivity index (χ4v) is 3.62. The van der Waals surface area contributed by atoms with Crippen molar-refractivity contribution in [3.05, 3.63) is 95.1 Å². The Balaban J connectivity index is 1.50. The number of carbonyl (C=O) groups is 1. The third kappa shape index (κ3) is 3.46. The van der Waals surface area contributed by atoms with Gasteiger partial charge in [-0.2, -0.15) is 0 Å². The molecule has 4 nitrogen and oxygen atoms in total. The van der Waals surface area contributed by atoms with Crippen molar-refractivity contribution < 1.29 is 14.3 Å². The first-order chi connectivity index (χ1) is 13.7. The Kier molecular flexibility index (Phi) is 5.02. The second-order valence-electron chi connectivity index (χ2n) is 6.96. The number of hydrogen-bond acceptors (Lipinski definition) is 3. The second kappa shape index (κ2) is 7.77. The minimum Gasteiger partial charge on any atom is -0.493 e. The number of methoxy groups -OCH3 is 1. The highest BCUT2D eigenvalue weighted by molar-refractivity contribution is 5.99. The van der Waals surface area contributed by atoms with Crippen molar-refractivity contribution in [2.45, 2.75) is 26.1 Å². The Morgan fingerprint density at radius 2 is 1.64 bits per heavy atom. The number of hydrogen-bond donors (Lipinski definition) is 0. The molecule has 0 saturated heterocycles. The molecule has 0 aromatic heterocycles. The molecular formula is C24H23NO3. The molecular weight excluding hydrogens is 350 g/mol. The molecule has 0 aliphatic carbocycles. The van der Waals surface area contributed by atoms with E-state index in [1.54, 1.807) is 7.11 Å². The summed E-state index contributed by atoms with van der Waals surface area (Å²) in [5.41, 5.74) is 3.99. The van der Waals surface area contributed by atoms with Crippen LogP contribution in [0.4, 0.5) is 0 Å². The van der Waals surface area contributed by atoms with E-state index in [2.05, 4.69) is 6.92 Å². The van der Waals surface area contributed by atoms with E-state index in [0.717, 1.165) is 22.3 Å². The van der Waals surface area contributed by atoms with Gasteiger partial charge < -0.3 is 14.4 Å². The second-order valence-corrected chi connectivity index (χ2v) is 6.96. The quantitative estimate of drug-likeness (QED) is 0.611. The molecule has 0 spiro atoms. The first-order valence-corrected chi connectivity index (χ1v) is 9.41. The van der Waals surface area contributed by atoms with Crippen molar-refractivity contribution >= 4 is 5.91 Å². The summed E-state index contributed by atoms with van der Waals surface area (Å²) < 4.78 is 11.5. The van der Waals surface area contributed by atoms with E-state index >= 15 is 0 Å². The van der Waals surface area contributed by atoms with Gasteiger partial charge in [0.2, 0.25) is 0 Å². The van der Waals surface area contributed by atoms with Crippen molar-refractivity contribution in [1.82, 2.24) is 4.90 Å². The maximum atomic E-state index is 12.8. The third-order valence-corrected chi connectivity index (χ3v) is 5.19. The SMILES string of the molecule is COc1cc(CN2C(=O)c3ccccc3C2C)ccc1OCc1ccccc1. The number of rotatable bonds is 6. The lowest BCUT2D eigenvalue weighted by Gasteiger charge is -2.23. The lowest BCUT2D eigenvalue weighted by atomic mass is 10.1. The molecule has 1 amide bonds. The predicted molar refractivity (Wildman–Crippen MR) is 108 cm³/mol. The molecule has 1 heterocycles. The molecule has 0 fully saturated rings. The molecule has 1 atom stereocenters. The average molecular weight is 373 g/mol. The molecule has 1 unspecified atom stereocenters. The smallest absolute Gasteiger partial charge is 0.255 e. The fraction of sp³-hybridized carbons (Fsp3) is 0.208. The standard InChI is InChI=1S/C24H23NO3/c1-17-20-10-6-7-11-21(20)24(26)25(17)15-19-12-13-22(23(14-19)27-2)28-16-18-8-4-3-5-9-18/h3-14,17H,15-16H2,1-2H3. The first-order valence-electron chi connectivity index (χ1n) is 9.41. The molecule has 0 bridgehead atoms. The summed E-state index contributed by atoms with van der Waals surface area (Å²) in [5.74, 6) is 1.44. The van der Waals surface area contributed by atoms with E-state index in [9.17, 15) is 4.79 Å². The van der Waals surface area contributed by atoms with Crippen molar-refractivity contribution in [3.63, 3.8) is 0 Å². The van der Waals surface area contributed by atoms with Crippen LogP contribution in [-0.4, -0.2) is 17.9 Å². The molecule has 28 heavy (non-hydrogen) atoms. The Bertz CT molecular complexity index is 984. The van der Waals surface area contributed by atoms with Gasteiger partial charge >= 0.3 is 0 Å². The van der Waals surface area contributed by atoms with Crippen LogP contribution in [0.5, 0.6) is 11.5 Å². The van der Waals surface area contributed by atoms with Crippen molar-refractivity contribution in [1.29, 1.82) is 0 Å². The van der Waals surface area contributed by atoms with Crippen LogP contribution in [0.25, 0.3) is 0 Å². The molecule has 0 saturated carbocycles. The van der Waals surface area contributed by atoms with Gasteiger partial charge in [0, 0.05) is 12.1 Å². The van der Waals surface area contributed by atoms with Gasteiger partial charge in [-0.1, -0.05) is 54.6 Å². The Hall–Kier alpha value is -3.27. The average Bonchev–Trinajstić information content (AvgIpc) is 2.98. The van der Waals surface area contributed by atoms with Crippen molar-refractivity contribution in [2.24, 2.45) is 0 Å². The fourth-order valence-electron chi connectivity index (χ4n) is 3.62. The molecule has 0 N–H and O–H groups in total. The summed E-state index contributed by atoms with van der Waals surface area (Å²) in [6.45, 7) is 3.08. The van der Waals surface area contributed by atoms with Gasteiger partial charge in [-0.15, -0.1) is 0 Å².